The molecule has 0 spiro atoms. The van der Waals surface area contributed by atoms with E-state index in [1.165, 1.54) is 19.3 Å². The lowest BCUT2D eigenvalue weighted by atomic mass is 9.83. The van der Waals surface area contributed by atoms with Crippen LogP contribution in [-0.4, -0.2) is 29.3 Å². The maximum Gasteiger partial charge on any atom is 0.228 e. The van der Waals surface area contributed by atoms with E-state index in [0.29, 0.717) is 24.9 Å². The summed E-state index contributed by atoms with van der Waals surface area (Å²) < 4.78 is 5.26. The quantitative estimate of drug-likeness (QED) is 0.861. The van der Waals surface area contributed by atoms with Gasteiger partial charge in [-0.3, -0.25) is 9.89 Å². The van der Waals surface area contributed by atoms with Gasteiger partial charge in [0.15, 0.2) is 5.82 Å². The first-order valence-electron chi connectivity index (χ1n) is 6.77. The van der Waals surface area contributed by atoms with Crippen molar-refractivity contribution in [3.63, 3.8) is 0 Å². The first kappa shape index (κ1) is 11.7. The van der Waals surface area contributed by atoms with Gasteiger partial charge in [-0.25, -0.2) is 0 Å². The molecule has 18 heavy (non-hydrogen) atoms. The highest BCUT2D eigenvalue weighted by Crippen LogP contribution is 2.35. The fourth-order valence-electron chi connectivity index (χ4n) is 2.52. The van der Waals surface area contributed by atoms with Crippen LogP contribution in [0.15, 0.2) is 6.07 Å². The van der Waals surface area contributed by atoms with E-state index in [1.54, 1.807) is 0 Å². The van der Waals surface area contributed by atoms with Crippen LogP contribution < -0.4 is 5.32 Å². The monoisotopic (exact) mass is 249 g/mol. The molecule has 2 heterocycles. The van der Waals surface area contributed by atoms with Crippen LogP contribution in [0.5, 0.6) is 0 Å². The Kier molecular flexibility index (Phi) is 3.32. The summed E-state index contributed by atoms with van der Waals surface area (Å²) in [5, 5.41) is 10.1. The summed E-state index contributed by atoms with van der Waals surface area (Å²) in [5.74, 6) is 1.42. The van der Waals surface area contributed by atoms with Crippen LogP contribution in [0.25, 0.3) is 0 Å². The zero-order valence-electron chi connectivity index (χ0n) is 10.4. The molecule has 0 bridgehead atoms. The van der Waals surface area contributed by atoms with E-state index < -0.39 is 0 Å². The van der Waals surface area contributed by atoms with E-state index in [2.05, 4.69) is 15.5 Å². The van der Waals surface area contributed by atoms with Crippen molar-refractivity contribution in [2.24, 2.45) is 5.92 Å². The number of amides is 1. The highest BCUT2D eigenvalue weighted by atomic mass is 16.5. The summed E-state index contributed by atoms with van der Waals surface area (Å²) in [5.41, 5.74) is 1.16. The Morgan fingerprint density at radius 2 is 2.11 bits per heavy atom. The molecule has 1 aliphatic heterocycles. The van der Waals surface area contributed by atoms with Crippen LogP contribution in [0.2, 0.25) is 0 Å². The minimum absolute atomic E-state index is 0.0719. The lowest BCUT2D eigenvalue weighted by molar-refractivity contribution is -0.122. The third-order valence-corrected chi connectivity index (χ3v) is 3.99. The first-order valence-corrected chi connectivity index (χ1v) is 6.77. The molecule has 98 valence electrons. The number of hydrogen-bond donors (Lipinski definition) is 2. The topological polar surface area (TPSA) is 67.0 Å². The zero-order chi connectivity index (χ0) is 12.4. The summed E-state index contributed by atoms with van der Waals surface area (Å²) in [4.78, 5) is 12.0. The number of H-pyrrole nitrogens is 1. The number of rotatable bonds is 3. The molecule has 1 aromatic rings. The van der Waals surface area contributed by atoms with Gasteiger partial charge in [0.1, 0.15) is 0 Å². The van der Waals surface area contributed by atoms with E-state index in [9.17, 15) is 4.79 Å². The number of aromatic nitrogens is 2. The van der Waals surface area contributed by atoms with Gasteiger partial charge in [-0.1, -0.05) is 6.42 Å². The Balaban J connectivity index is 1.57. The Labute approximate surface area is 106 Å². The van der Waals surface area contributed by atoms with E-state index in [4.69, 9.17) is 4.74 Å². The Bertz CT molecular complexity index is 420. The van der Waals surface area contributed by atoms with Crippen molar-refractivity contribution in [2.75, 3.05) is 18.5 Å². The maximum atomic E-state index is 12.0. The highest BCUT2D eigenvalue weighted by Gasteiger charge is 2.24. The molecule has 5 nitrogen and oxygen atoms in total. The van der Waals surface area contributed by atoms with Crippen molar-refractivity contribution in [3.8, 4) is 0 Å². The van der Waals surface area contributed by atoms with Crippen molar-refractivity contribution in [1.82, 2.24) is 10.2 Å². The number of anilines is 1. The molecule has 1 amide bonds. The van der Waals surface area contributed by atoms with Crippen LogP contribution in [0.1, 0.15) is 43.7 Å². The van der Waals surface area contributed by atoms with Crippen molar-refractivity contribution in [2.45, 2.75) is 38.0 Å². The average molecular weight is 249 g/mol. The molecule has 2 N–H and O–H groups in total. The number of hydrogen-bond acceptors (Lipinski definition) is 3. The second-order valence-electron chi connectivity index (χ2n) is 5.21. The number of carbonyl (C=O) groups excluding carboxylic acids is 1. The van der Waals surface area contributed by atoms with Crippen molar-refractivity contribution < 1.29 is 9.53 Å². The molecule has 0 radical (unpaired) electrons. The van der Waals surface area contributed by atoms with Gasteiger partial charge < -0.3 is 10.1 Å². The third kappa shape index (κ3) is 2.41. The van der Waals surface area contributed by atoms with Crippen LogP contribution in [0.4, 0.5) is 5.82 Å². The van der Waals surface area contributed by atoms with E-state index >= 15 is 0 Å². The standard InChI is InChI=1S/C13H19N3O2/c17-13(10-4-6-18-7-5-10)14-12-8-11(15-16-12)9-2-1-3-9/h8-10H,1-7H2,(H2,14,15,16,17). The average Bonchev–Trinajstić information content (AvgIpc) is 2.76. The second kappa shape index (κ2) is 5.10. The summed E-state index contributed by atoms with van der Waals surface area (Å²) in [7, 11) is 0. The van der Waals surface area contributed by atoms with Crippen LogP contribution in [0.3, 0.4) is 0 Å². The summed E-state index contributed by atoms with van der Waals surface area (Å²) in [6.07, 6.45) is 5.38. The smallest absolute Gasteiger partial charge is 0.228 e. The van der Waals surface area contributed by atoms with Gasteiger partial charge in [0, 0.05) is 36.8 Å². The molecule has 5 heteroatoms. The maximum absolute atomic E-state index is 12.0. The fourth-order valence-corrected chi connectivity index (χ4v) is 2.52. The van der Waals surface area contributed by atoms with E-state index in [-0.39, 0.29) is 11.8 Å². The highest BCUT2D eigenvalue weighted by molar-refractivity contribution is 5.91. The summed E-state index contributed by atoms with van der Waals surface area (Å²) >= 11 is 0. The largest absolute Gasteiger partial charge is 0.381 e. The molecule has 1 saturated heterocycles. The molecule has 2 aliphatic rings. The van der Waals surface area contributed by atoms with Gasteiger partial charge >= 0.3 is 0 Å². The Morgan fingerprint density at radius 3 is 2.78 bits per heavy atom. The number of ether oxygens (including phenoxy) is 1. The van der Waals surface area contributed by atoms with Crippen molar-refractivity contribution >= 4 is 11.7 Å². The molecule has 0 unspecified atom stereocenters. The molecule has 1 aromatic heterocycles. The molecule has 1 aliphatic carbocycles. The predicted octanol–water partition coefficient (Wildman–Crippen LogP) is 2.04. The predicted molar refractivity (Wildman–Crippen MR) is 67.4 cm³/mol. The molecule has 3 rings (SSSR count). The number of aromatic amines is 1. The second-order valence-corrected chi connectivity index (χ2v) is 5.21. The molecular weight excluding hydrogens is 230 g/mol. The van der Waals surface area contributed by atoms with Crippen LogP contribution in [0, 0.1) is 5.92 Å². The fraction of sp³-hybridized carbons (Fsp3) is 0.692. The molecule has 1 saturated carbocycles. The lowest BCUT2D eigenvalue weighted by Crippen LogP contribution is -2.28. The lowest BCUT2D eigenvalue weighted by Gasteiger charge is -2.23. The summed E-state index contributed by atoms with van der Waals surface area (Å²) in [6.45, 7) is 1.37. The number of nitrogens with one attached hydrogen (secondary N) is 2. The minimum Gasteiger partial charge on any atom is -0.381 e. The Morgan fingerprint density at radius 1 is 1.33 bits per heavy atom. The van der Waals surface area contributed by atoms with Crippen molar-refractivity contribution in [3.05, 3.63) is 11.8 Å². The van der Waals surface area contributed by atoms with Crippen LogP contribution >= 0.6 is 0 Å². The number of nitrogens with zero attached hydrogens (tertiary/aromatic N) is 1. The third-order valence-electron chi connectivity index (χ3n) is 3.99. The molecular formula is C13H19N3O2. The van der Waals surface area contributed by atoms with Crippen molar-refractivity contribution in [1.29, 1.82) is 0 Å². The molecule has 0 atom stereocenters. The van der Waals surface area contributed by atoms with E-state index in [1.807, 2.05) is 6.07 Å². The van der Waals surface area contributed by atoms with Gasteiger partial charge in [-0.05, 0) is 25.7 Å². The zero-order valence-corrected chi connectivity index (χ0v) is 10.4. The van der Waals surface area contributed by atoms with Gasteiger partial charge in [-0.2, -0.15) is 5.10 Å². The van der Waals surface area contributed by atoms with Gasteiger partial charge in [0.05, 0.1) is 0 Å². The minimum atomic E-state index is 0.0719. The summed E-state index contributed by atoms with van der Waals surface area (Å²) in [6, 6.07) is 1.97. The van der Waals surface area contributed by atoms with Gasteiger partial charge in [0.2, 0.25) is 5.91 Å². The molecule has 0 aromatic carbocycles. The van der Waals surface area contributed by atoms with Gasteiger partial charge in [-0.15, -0.1) is 0 Å². The number of carbonyl (C=O) groups is 1. The molecule has 2 fully saturated rings. The van der Waals surface area contributed by atoms with E-state index in [0.717, 1.165) is 18.5 Å². The van der Waals surface area contributed by atoms with Gasteiger partial charge in [0.25, 0.3) is 0 Å². The first-order chi connectivity index (χ1) is 8.83. The van der Waals surface area contributed by atoms with Crippen LogP contribution in [-0.2, 0) is 9.53 Å². The normalized spacial score (nSPS) is 21.6. The Hall–Kier alpha value is -1.36. The SMILES string of the molecule is O=C(Nc1cc(C2CCC2)[nH]n1)C1CCOCC1.